The number of aliphatic carboxylic acids is 1. The molecular formula is C16H22N2O3. The normalized spacial score (nSPS) is 21.6. The van der Waals surface area contributed by atoms with Gasteiger partial charge in [0.25, 0.3) is 0 Å². The van der Waals surface area contributed by atoms with Crippen LogP contribution in [0.4, 0.5) is 10.5 Å². The van der Waals surface area contributed by atoms with Crippen molar-refractivity contribution in [2.75, 3.05) is 5.32 Å². The summed E-state index contributed by atoms with van der Waals surface area (Å²) in [6.07, 6.45) is 3.22. The largest absolute Gasteiger partial charge is 0.481 e. The average molecular weight is 290 g/mol. The van der Waals surface area contributed by atoms with Crippen LogP contribution in [0.15, 0.2) is 18.2 Å². The number of anilines is 1. The van der Waals surface area contributed by atoms with E-state index in [1.165, 1.54) is 0 Å². The van der Waals surface area contributed by atoms with E-state index >= 15 is 0 Å². The smallest absolute Gasteiger partial charge is 0.319 e. The summed E-state index contributed by atoms with van der Waals surface area (Å²) in [6.45, 7) is 3.94. The third-order valence-corrected chi connectivity index (χ3v) is 4.25. The first-order valence-electron chi connectivity index (χ1n) is 7.35. The van der Waals surface area contributed by atoms with Crippen molar-refractivity contribution < 1.29 is 14.7 Å². The second-order valence-corrected chi connectivity index (χ2v) is 5.68. The SMILES string of the molecule is Cc1cccc(NC(=O)NC2CCCCC2C(=O)O)c1C. The number of carboxylic acid groups (broad SMARTS) is 1. The highest BCUT2D eigenvalue weighted by atomic mass is 16.4. The van der Waals surface area contributed by atoms with Crippen molar-refractivity contribution in [3.8, 4) is 0 Å². The highest BCUT2D eigenvalue weighted by Gasteiger charge is 2.31. The van der Waals surface area contributed by atoms with E-state index in [9.17, 15) is 14.7 Å². The molecule has 0 bridgehead atoms. The Kier molecular flexibility index (Phi) is 4.83. The third kappa shape index (κ3) is 3.74. The number of urea groups is 1. The molecule has 0 spiro atoms. The summed E-state index contributed by atoms with van der Waals surface area (Å²) in [5.41, 5.74) is 2.88. The summed E-state index contributed by atoms with van der Waals surface area (Å²) in [7, 11) is 0. The molecule has 0 heterocycles. The van der Waals surface area contributed by atoms with Gasteiger partial charge in [-0.2, -0.15) is 0 Å². The lowest BCUT2D eigenvalue weighted by atomic mass is 9.84. The van der Waals surface area contributed by atoms with Crippen molar-refractivity contribution in [2.24, 2.45) is 5.92 Å². The molecule has 5 nitrogen and oxygen atoms in total. The van der Waals surface area contributed by atoms with Gasteiger partial charge in [-0.25, -0.2) is 4.79 Å². The first kappa shape index (κ1) is 15.4. The minimum atomic E-state index is -0.827. The van der Waals surface area contributed by atoms with E-state index in [4.69, 9.17) is 0 Å². The Morgan fingerprint density at radius 3 is 2.62 bits per heavy atom. The molecule has 1 aliphatic carbocycles. The number of hydrogen-bond acceptors (Lipinski definition) is 2. The van der Waals surface area contributed by atoms with Gasteiger partial charge >= 0.3 is 12.0 Å². The van der Waals surface area contributed by atoms with E-state index in [0.717, 1.165) is 36.1 Å². The summed E-state index contributed by atoms with van der Waals surface area (Å²) in [4.78, 5) is 23.3. The maximum Gasteiger partial charge on any atom is 0.319 e. The number of carbonyl (C=O) groups is 2. The highest BCUT2D eigenvalue weighted by molar-refractivity contribution is 5.90. The number of carboxylic acids is 1. The van der Waals surface area contributed by atoms with E-state index in [1.807, 2.05) is 32.0 Å². The lowest BCUT2D eigenvalue weighted by Gasteiger charge is -2.29. The van der Waals surface area contributed by atoms with Gasteiger partial charge in [-0.05, 0) is 43.9 Å². The Balaban J connectivity index is 2.00. The van der Waals surface area contributed by atoms with Crippen LogP contribution >= 0.6 is 0 Å². The van der Waals surface area contributed by atoms with Gasteiger partial charge in [-0.1, -0.05) is 25.0 Å². The van der Waals surface area contributed by atoms with Gasteiger partial charge in [0.2, 0.25) is 0 Å². The first-order chi connectivity index (χ1) is 9.99. The number of nitrogens with one attached hydrogen (secondary N) is 2. The molecule has 2 amide bonds. The van der Waals surface area contributed by atoms with Crippen LogP contribution in [0.2, 0.25) is 0 Å². The summed E-state index contributed by atoms with van der Waals surface area (Å²) in [5.74, 6) is -1.31. The molecule has 3 N–H and O–H groups in total. The number of aryl methyl sites for hydroxylation is 1. The Labute approximate surface area is 124 Å². The van der Waals surface area contributed by atoms with Crippen molar-refractivity contribution in [3.05, 3.63) is 29.3 Å². The molecule has 1 fully saturated rings. The van der Waals surface area contributed by atoms with Gasteiger partial charge < -0.3 is 15.7 Å². The summed E-state index contributed by atoms with van der Waals surface area (Å²) in [6, 6.07) is 5.10. The van der Waals surface area contributed by atoms with Gasteiger partial charge in [0.05, 0.1) is 5.92 Å². The number of hydrogen-bond donors (Lipinski definition) is 3. The zero-order valence-corrected chi connectivity index (χ0v) is 12.5. The van der Waals surface area contributed by atoms with E-state index < -0.39 is 11.9 Å². The molecule has 21 heavy (non-hydrogen) atoms. The molecule has 1 aromatic rings. The van der Waals surface area contributed by atoms with E-state index in [-0.39, 0.29) is 12.1 Å². The number of rotatable bonds is 3. The molecular weight excluding hydrogens is 268 g/mol. The number of amides is 2. The predicted octanol–water partition coefficient (Wildman–Crippen LogP) is 3.07. The van der Waals surface area contributed by atoms with Crippen LogP contribution in [0.25, 0.3) is 0 Å². The molecule has 114 valence electrons. The summed E-state index contributed by atoms with van der Waals surface area (Å²) < 4.78 is 0. The van der Waals surface area contributed by atoms with E-state index in [1.54, 1.807) is 0 Å². The average Bonchev–Trinajstić information content (AvgIpc) is 2.44. The second kappa shape index (κ2) is 6.61. The number of benzene rings is 1. The lowest BCUT2D eigenvalue weighted by molar-refractivity contribution is -0.143. The fourth-order valence-electron chi connectivity index (χ4n) is 2.81. The van der Waals surface area contributed by atoms with Gasteiger partial charge in [0.1, 0.15) is 0 Å². The number of carbonyl (C=O) groups excluding carboxylic acids is 1. The minimum Gasteiger partial charge on any atom is -0.481 e. The summed E-state index contributed by atoms with van der Waals surface area (Å²) >= 11 is 0. The van der Waals surface area contributed by atoms with Gasteiger partial charge in [0.15, 0.2) is 0 Å². The van der Waals surface area contributed by atoms with Crippen LogP contribution in [0, 0.1) is 19.8 Å². The zero-order valence-electron chi connectivity index (χ0n) is 12.5. The Morgan fingerprint density at radius 2 is 1.90 bits per heavy atom. The minimum absolute atomic E-state index is 0.290. The molecule has 1 saturated carbocycles. The van der Waals surface area contributed by atoms with Gasteiger partial charge in [-0.15, -0.1) is 0 Å². The van der Waals surface area contributed by atoms with Crippen LogP contribution in [0.5, 0.6) is 0 Å². The molecule has 0 aliphatic heterocycles. The van der Waals surface area contributed by atoms with Crippen molar-refractivity contribution in [3.63, 3.8) is 0 Å². The van der Waals surface area contributed by atoms with E-state index in [0.29, 0.717) is 6.42 Å². The van der Waals surface area contributed by atoms with Crippen LogP contribution in [0.3, 0.4) is 0 Å². The Bertz CT molecular complexity index is 542. The topological polar surface area (TPSA) is 78.4 Å². The quantitative estimate of drug-likeness (QED) is 0.800. The van der Waals surface area contributed by atoms with Crippen LogP contribution in [0.1, 0.15) is 36.8 Å². The molecule has 0 aromatic heterocycles. The zero-order chi connectivity index (χ0) is 15.4. The molecule has 0 radical (unpaired) electrons. The third-order valence-electron chi connectivity index (χ3n) is 4.25. The van der Waals surface area contributed by atoms with Crippen molar-refractivity contribution >= 4 is 17.7 Å². The fourth-order valence-corrected chi connectivity index (χ4v) is 2.81. The fraction of sp³-hybridized carbons (Fsp3) is 0.500. The van der Waals surface area contributed by atoms with Gasteiger partial charge in [-0.3, -0.25) is 4.79 Å². The molecule has 5 heteroatoms. The maximum absolute atomic E-state index is 12.1. The Hall–Kier alpha value is -2.04. The van der Waals surface area contributed by atoms with E-state index in [2.05, 4.69) is 10.6 Å². The van der Waals surface area contributed by atoms with Crippen LogP contribution < -0.4 is 10.6 Å². The van der Waals surface area contributed by atoms with Crippen LogP contribution in [-0.2, 0) is 4.79 Å². The molecule has 0 saturated heterocycles. The molecule has 1 aliphatic rings. The highest BCUT2D eigenvalue weighted by Crippen LogP contribution is 2.25. The van der Waals surface area contributed by atoms with Crippen molar-refractivity contribution in [1.82, 2.24) is 5.32 Å². The monoisotopic (exact) mass is 290 g/mol. The predicted molar refractivity (Wildman–Crippen MR) is 81.5 cm³/mol. The summed E-state index contributed by atoms with van der Waals surface area (Å²) in [5, 5.41) is 14.8. The second-order valence-electron chi connectivity index (χ2n) is 5.68. The molecule has 2 rings (SSSR count). The molecule has 2 atom stereocenters. The Morgan fingerprint density at radius 1 is 1.19 bits per heavy atom. The molecule has 2 unspecified atom stereocenters. The standard InChI is InChI=1S/C16H22N2O3/c1-10-6-5-9-13(11(10)2)17-16(21)18-14-8-4-3-7-12(14)15(19)20/h5-6,9,12,14H,3-4,7-8H2,1-2H3,(H,19,20)(H2,17,18,21). The van der Waals surface area contributed by atoms with Crippen molar-refractivity contribution in [1.29, 1.82) is 0 Å². The lowest BCUT2D eigenvalue weighted by Crippen LogP contribution is -2.46. The maximum atomic E-state index is 12.1. The first-order valence-corrected chi connectivity index (χ1v) is 7.35. The van der Waals surface area contributed by atoms with Crippen LogP contribution in [-0.4, -0.2) is 23.1 Å². The van der Waals surface area contributed by atoms with Crippen molar-refractivity contribution in [2.45, 2.75) is 45.6 Å². The van der Waals surface area contributed by atoms with Gasteiger partial charge in [0, 0.05) is 11.7 Å². The molecule has 1 aromatic carbocycles.